The van der Waals surface area contributed by atoms with Crippen LogP contribution in [0.4, 0.5) is 17.1 Å². The molecule has 0 unspecified atom stereocenters. The van der Waals surface area contributed by atoms with Crippen LogP contribution in [0.15, 0.2) is 188 Å². The summed E-state index contributed by atoms with van der Waals surface area (Å²) < 4.78 is 8.87. The molecular formula is C58H49BN5OPt-3. The molecule has 328 valence electrons. The van der Waals surface area contributed by atoms with Gasteiger partial charge in [0, 0.05) is 55.7 Å². The molecule has 0 radical (unpaired) electrons. The van der Waals surface area contributed by atoms with E-state index < -0.39 is 0 Å². The maximum absolute atomic E-state index is 6.68. The van der Waals surface area contributed by atoms with Crippen LogP contribution in [0.1, 0.15) is 63.8 Å². The van der Waals surface area contributed by atoms with E-state index in [-0.39, 0.29) is 38.7 Å². The zero-order valence-electron chi connectivity index (χ0n) is 37.9. The van der Waals surface area contributed by atoms with Crippen LogP contribution in [0.25, 0.3) is 38.8 Å². The number of benzene rings is 6. The topological polar surface area (TPSA) is 36.8 Å². The van der Waals surface area contributed by atoms with Crippen molar-refractivity contribution in [2.45, 2.75) is 52.4 Å². The van der Waals surface area contributed by atoms with Gasteiger partial charge in [0.05, 0.1) is 0 Å². The number of hydrogen-bond acceptors (Lipinski definition) is 5. The Morgan fingerprint density at radius 3 is 2.08 bits per heavy atom. The molecule has 0 atom stereocenters. The fraction of sp³-hybridized carbons (Fsp3) is 0.138. The van der Waals surface area contributed by atoms with E-state index in [1.54, 1.807) is 0 Å². The molecule has 3 aliphatic heterocycles. The summed E-state index contributed by atoms with van der Waals surface area (Å²) >= 11 is 0. The summed E-state index contributed by atoms with van der Waals surface area (Å²) in [5.41, 5.74) is 13.4. The Morgan fingerprint density at radius 1 is 0.606 bits per heavy atom. The maximum Gasteiger partial charge on any atom is 0.335 e. The number of para-hydroxylation sites is 3. The first-order valence-electron chi connectivity index (χ1n) is 22.4. The largest absolute Gasteiger partial charge is 0.509 e. The van der Waals surface area contributed by atoms with Crippen molar-refractivity contribution >= 4 is 56.9 Å². The third kappa shape index (κ3) is 7.79. The zero-order valence-corrected chi connectivity index (χ0v) is 40.2. The fourth-order valence-electron chi connectivity index (χ4n) is 9.26. The van der Waals surface area contributed by atoms with Gasteiger partial charge < -0.3 is 23.9 Å². The monoisotopic (exact) mass is 1040 g/mol. The molecule has 11 rings (SSSR count). The molecule has 5 heterocycles. The number of allylic oxidation sites excluding steroid dienone is 4. The molecule has 0 spiro atoms. The van der Waals surface area contributed by atoms with Gasteiger partial charge in [0.1, 0.15) is 5.82 Å². The third-order valence-electron chi connectivity index (χ3n) is 12.7. The SMILES string of the molecule is CC(C)(C)c1ccc(C2=C(N3[CH-]N(c4[c-]c(Oc5[c-]c6c(cc5)c5ccccc5n6-c5cc(C(C)(C)C)ccn5)ccc4)c4ccccc43)B3C=C(c4ccccc4)C=CN3C=C2)cc1.[Pt]. The van der Waals surface area contributed by atoms with Crippen molar-refractivity contribution in [3.63, 3.8) is 0 Å². The Labute approximate surface area is 403 Å². The Kier molecular flexibility index (Phi) is 11.0. The molecule has 0 N–H and O–H groups in total. The van der Waals surface area contributed by atoms with Crippen molar-refractivity contribution in [3.8, 4) is 17.3 Å². The number of anilines is 3. The van der Waals surface area contributed by atoms with Crippen molar-refractivity contribution < 1.29 is 25.8 Å². The zero-order chi connectivity index (χ0) is 44.5. The first-order chi connectivity index (χ1) is 31.5. The molecule has 8 aromatic rings. The van der Waals surface area contributed by atoms with Gasteiger partial charge in [-0.3, -0.25) is 0 Å². The van der Waals surface area contributed by atoms with E-state index in [2.05, 4.69) is 237 Å². The summed E-state index contributed by atoms with van der Waals surface area (Å²) in [6, 6.07) is 58.6. The average Bonchev–Trinajstić information content (AvgIpc) is 3.87. The number of rotatable bonds is 7. The fourth-order valence-corrected chi connectivity index (χ4v) is 9.26. The molecule has 0 fully saturated rings. The van der Waals surface area contributed by atoms with E-state index in [0.717, 1.165) is 50.3 Å². The van der Waals surface area contributed by atoms with Crippen LogP contribution in [-0.2, 0) is 31.9 Å². The molecule has 0 saturated heterocycles. The Hall–Kier alpha value is -6.82. The van der Waals surface area contributed by atoms with Crippen LogP contribution in [-0.4, -0.2) is 21.2 Å². The van der Waals surface area contributed by atoms with Crippen LogP contribution in [0, 0.1) is 18.8 Å². The van der Waals surface area contributed by atoms with Crippen molar-refractivity contribution in [2.75, 3.05) is 9.80 Å². The maximum atomic E-state index is 6.68. The molecule has 66 heavy (non-hydrogen) atoms. The molecule has 0 bridgehead atoms. The molecule has 0 saturated carbocycles. The second kappa shape index (κ2) is 16.9. The van der Waals surface area contributed by atoms with Gasteiger partial charge in [-0.05, 0) is 110 Å². The van der Waals surface area contributed by atoms with Crippen molar-refractivity contribution in [1.29, 1.82) is 0 Å². The van der Waals surface area contributed by atoms with Crippen LogP contribution in [0.2, 0.25) is 0 Å². The minimum atomic E-state index is -0.0763. The summed E-state index contributed by atoms with van der Waals surface area (Å²) in [4.78, 5) is 11.8. The number of aromatic nitrogens is 2. The van der Waals surface area contributed by atoms with Gasteiger partial charge in [-0.15, -0.1) is 48.1 Å². The Morgan fingerprint density at radius 2 is 1.30 bits per heavy atom. The first-order valence-corrected chi connectivity index (χ1v) is 22.4. The summed E-state index contributed by atoms with van der Waals surface area (Å²) in [6.45, 7) is 15.6. The summed E-state index contributed by atoms with van der Waals surface area (Å²) in [7, 11) is 0. The van der Waals surface area contributed by atoms with Crippen molar-refractivity contribution in [3.05, 3.63) is 229 Å². The number of fused-ring (bicyclic) bond motifs is 5. The quantitative estimate of drug-likeness (QED) is 0.117. The first kappa shape index (κ1) is 43.1. The second-order valence-electron chi connectivity index (χ2n) is 19.1. The normalized spacial score (nSPS) is 14.7. The van der Waals surface area contributed by atoms with E-state index in [0.29, 0.717) is 11.5 Å². The van der Waals surface area contributed by atoms with Gasteiger partial charge in [-0.25, -0.2) is 4.98 Å². The predicted molar refractivity (Wildman–Crippen MR) is 269 cm³/mol. The number of nitrogens with zero attached hydrogens (tertiary/aromatic N) is 5. The molecule has 2 aromatic heterocycles. The van der Waals surface area contributed by atoms with Gasteiger partial charge in [-0.1, -0.05) is 138 Å². The predicted octanol–water partition coefficient (Wildman–Crippen LogP) is 14.2. The average molecular weight is 1040 g/mol. The van der Waals surface area contributed by atoms with E-state index in [4.69, 9.17) is 9.72 Å². The van der Waals surface area contributed by atoms with Crippen LogP contribution >= 0.6 is 0 Å². The van der Waals surface area contributed by atoms with Crippen LogP contribution < -0.4 is 14.5 Å². The van der Waals surface area contributed by atoms with Gasteiger partial charge in [0.2, 0.25) is 0 Å². The van der Waals surface area contributed by atoms with E-state index >= 15 is 0 Å². The Balaban J connectivity index is 0.00000511. The number of hydrogen-bond donors (Lipinski definition) is 0. The number of ether oxygens (including phenoxy) is 1. The van der Waals surface area contributed by atoms with Crippen molar-refractivity contribution in [2.24, 2.45) is 0 Å². The van der Waals surface area contributed by atoms with Crippen LogP contribution in [0.3, 0.4) is 0 Å². The summed E-state index contributed by atoms with van der Waals surface area (Å²) in [5, 5.41) is 2.23. The smallest absolute Gasteiger partial charge is 0.335 e. The molecule has 8 heteroatoms. The van der Waals surface area contributed by atoms with Crippen LogP contribution in [0.5, 0.6) is 11.5 Å². The molecule has 0 amide bonds. The standard InChI is InChI=1S/C58H49BN5O.Pt/c1-57(2,3)43-25-23-41(24-26-43)48-31-34-61-33-30-42(40-15-8-7-9-16-40)38-59(61)56(48)63-39-62(52-21-12-13-22-53(52)63)45-17-14-18-46(36-45)65-47-27-28-50-49-19-10-11-20-51(49)64(54(50)37-47)55-35-44(29-32-60-55)58(4,5)6;/h7-35,38-39H,1-6H3;/q-3;. The third-order valence-corrected chi connectivity index (χ3v) is 12.7. The molecule has 6 nitrogen and oxygen atoms in total. The summed E-state index contributed by atoms with van der Waals surface area (Å²) in [6.07, 6.45) is 10.8. The van der Waals surface area contributed by atoms with E-state index in [9.17, 15) is 0 Å². The molecule has 0 aliphatic carbocycles. The molecular weight excluding hydrogens is 989 g/mol. The van der Waals surface area contributed by atoms with Crippen molar-refractivity contribution in [1.82, 2.24) is 14.4 Å². The van der Waals surface area contributed by atoms with Gasteiger partial charge in [-0.2, -0.15) is 12.1 Å². The van der Waals surface area contributed by atoms with E-state index in [1.807, 2.05) is 24.4 Å². The van der Waals surface area contributed by atoms with Gasteiger partial charge in [0.15, 0.2) is 0 Å². The minimum absolute atomic E-state index is 0. The Bertz CT molecular complexity index is 3260. The van der Waals surface area contributed by atoms with Gasteiger partial charge >= 0.3 is 6.85 Å². The van der Waals surface area contributed by atoms with E-state index in [1.165, 1.54) is 33.4 Å². The molecule has 6 aromatic carbocycles. The number of pyridine rings is 1. The summed E-state index contributed by atoms with van der Waals surface area (Å²) in [5.74, 6) is 4.44. The minimum Gasteiger partial charge on any atom is -0.509 e. The van der Waals surface area contributed by atoms with Gasteiger partial charge in [0.25, 0.3) is 0 Å². The molecule has 3 aliphatic rings. The second-order valence-corrected chi connectivity index (χ2v) is 19.1.